The topological polar surface area (TPSA) is 25.8 Å². The molecule has 1 heterocycles. The van der Waals surface area contributed by atoms with Crippen LogP contribution < -0.4 is 0 Å². The monoisotopic (exact) mass is 220 g/mol. The lowest BCUT2D eigenvalue weighted by molar-refractivity contribution is 1.18. The predicted octanol–water partition coefficient (Wildman–Crippen LogP) is 3.22. The van der Waals surface area contributed by atoms with Gasteiger partial charge in [0.05, 0.1) is 5.52 Å². The summed E-state index contributed by atoms with van der Waals surface area (Å²) >= 11 is 0. The van der Waals surface area contributed by atoms with Gasteiger partial charge in [-0.2, -0.15) is 0 Å². The fourth-order valence-electron chi connectivity index (χ4n) is 1.96. The van der Waals surface area contributed by atoms with E-state index in [2.05, 4.69) is 52.4 Å². The van der Waals surface area contributed by atoms with E-state index >= 15 is 0 Å². The smallest absolute Gasteiger partial charge is 0.116 e. The van der Waals surface area contributed by atoms with Gasteiger partial charge in [-0.05, 0) is 23.6 Å². The molecule has 0 fully saturated rings. The van der Waals surface area contributed by atoms with Crippen molar-refractivity contribution in [3.63, 3.8) is 0 Å². The van der Waals surface area contributed by atoms with Crippen LogP contribution >= 0.6 is 0 Å². The zero-order valence-corrected chi connectivity index (χ0v) is 9.38. The molecule has 3 aromatic rings. The van der Waals surface area contributed by atoms with E-state index < -0.39 is 0 Å². The lowest BCUT2D eigenvalue weighted by atomic mass is 10.0. The van der Waals surface area contributed by atoms with Gasteiger partial charge in [-0.1, -0.05) is 42.5 Å². The Hall–Kier alpha value is -2.22. The first-order valence-corrected chi connectivity index (χ1v) is 5.64. The lowest BCUT2D eigenvalue weighted by Crippen LogP contribution is -1.89. The summed E-state index contributed by atoms with van der Waals surface area (Å²) in [6, 6.07) is 16.8. The maximum atomic E-state index is 4.27. The van der Waals surface area contributed by atoms with Crippen LogP contribution in [0, 0.1) is 0 Å². The van der Waals surface area contributed by atoms with Crippen LogP contribution in [0.4, 0.5) is 0 Å². The first-order valence-electron chi connectivity index (χ1n) is 5.64. The third-order valence-corrected chi connectivity index (χ3v) is 2.82. The highest BCUT2D eigenvalue weighted by Crippen LogP contribution is 2.15. The standard InChI is InChI=1S/C15H12N2/c1-2-4-12(5-3-1)8-13-6-7-14-10-16-11-17-15(14)9-13/h1-7,9-11H,8H2. The van der Waals surface area contributed by atoms with Gasteiger partial charge in [0.25, 0.3) is 0 Å². The predicted molar refractivity (Wildman–Crippen MR) is 68.8 cm³/mol. The number of fused-ring (bicyclic) bond motifs is 1. The van der Waals surface area contributed by atoms with Crippen molar-refractivity contribution in [1.82, 2.24) is 9.97 Å². The second-order valence-corrected chi connectivity index (χ2v) is 4.08. The lowest BCUT2D eigenvalue weighted by Gasteiger charge is -2.03. The van der Waals surface area contributed by atoms with E-state index in [-0.39, 0.29) is 0 Å². The molecule has 0 saturated heterocycles. The fourth-order valence-corrected chi connectivity index (χ4v) is 1.96. The second-order valence-electron chi connectivity index (χ2n) is 4.08. The maximum Gasteiger partial charge on any atom is 0.116 e. The summed E-state index contributed by atoms with van der Waals surface area (Å²) in [6.45, 7) is 0. The number of hydrogen-bond donors (Lipinski definition) is 0. The van der Waals surface area contributed by atoms with Gasteiger partial charge in [-0.25, -0.2) is 9.97 Å². The quantitative estimate of drug-likeness (QED) is 0.662. The summed E-state index contributed by atoms with van der Waals surface area (Å²) in [4.78, 5) is 8.29. The van der Waals surface area contributed by atoms with Gasteiger partial charge in [0.1, 0.15) is 6.33 Å². The maximum absolute atomic E-state index is 4.27. The highest BCUT2D eigenvalue weighted by molar-refractivity contribution is 5.78. The minimum Gasteiger partial charge on any atom is -0.244 e. The van der Waals surface area contributed by atoms with E-state index in [0.29, 0.717) is 0 Å². The molecule has 0 radical (unpaired) electrons. The molecule has 2 nitrogen and oxygen atoms in total. The number of benzene rings is 2. The van der Waals surface area contributed by atoms with Gasteiger partial charge in [0, 0.05) is 11.6 Å². The molecular formula is C15H12N2. The van der Waals surface area contributed by atoms with Gasteiger partial charge in [-0.15, -0.1) is 0 Å². The number of nitrogens with zero attached hydrogens (tertiary/aromatic N) is 2. The van der Waals surface area contributed by atoms with Crippen LogP contribution in [-0.2, 0) is 6.42 Å². The van der Waals surface area contributed by atoms with Crippen molar-refractivity contribution < 1.29 is 0 Å². The zero-order valence-electron chi connectivity index (χ0n) is 9.38. The Balaban J connectivity index is 1.96. The number of hydrogen-bond acceptors (Lipinski definition) is 2. The molecule has 1 aromatic heterocycles. The van der Waals surface area contributed by atoms with Gasteiger partial charge < -0.3 is 0 Å². The average molecular weight is 220 g/mol. The summed E-state index contributed by atoms with van der Waals surface area (Å²) in [5.41, 5.74) is 3.61. The van der Waals surface area contributed by atoms with Crippen LogP contribution in [0.1, 0.15) is 11.1 Å². The molecule has 0 aliphatic rings. The molecule has 0 atom stereocenters. The van der Waals surface area contributed by atoms with Crippen molar-refractivity contribution in [2.75, 3.05) is 0 Å². The van der Waals surface area contributed by atoms with Gasteiger partial charge in [-0.3, -0.25) is 0 Å². The first kappa shape index (κ1) is 9.97. The minimum atomic E-state index is 0.945. The molecule has 0 bridgehead atoms. The van der Waals surface area contributed by atoms with Crippen molar-refractivity contribution in [1.29, 1.82) is 0 Å². The highest BCUT2D eigenvalue weighted by Gasteiger charge is 1.98. The van der Waals surface area contributed by atoms with Gasteiger partial charge >= 0.3 is 0 Å². The summed E-state index contributed by atoms with van der Waals surface area (Å²) in [7, 11) is 0. The van der Waals surface area contributed by atoms with Crippen LogP contribution in [0.3, 0.4) is 0 Å². The SMILES string of the molecule is c1ccc(Cc2ccc3cncnc3c2)cc1. The molecule has 0 amide bonds. The molecule has 2 aromatic carbocycles. The molecule has 2 heteroatoms. The molecule has 17 heavy (non-hydrogen) atoms. The van der Waals surface area contributed by atoms with Gasteiger partial charge in [0.2, 0.25) is 0 Å². The molecule has 3 rings (SSSR count). The largest absolute Gasteiger partial charge is 0.244 e. The van der Waals surface area contributed by atoms with Gasteiger partial charge in [0.15, 0.2) is 0 Å². The molecule has 0 unspecified atom stereocenters. The van der Waals surface area contributed by atoms with Crippen molar-refractivity contribution >= 4 is 10.9 Å². The van der Waals surface area contributed by atoms with E-state index in [0.717, 1.165) is 17.3 Å². The molecule has 0 spiro atoms. The number of aromatic nitrogens is 2. The van der Waals surface area contributed by atoms with Crippen LogP contribution in [0.25, 0.3) is 10.9 Å². The van der Waals surface area contributed by atoms with E-state index in [1.165, 1.54) is 11.1 Å². The van der Waals surface area contributed by atoms with E-state index in [9.17, 15) is 0 Å². The third kappa shape index (κ3) is 2.16. The van der Waals surface area contributed by atoms with Crippen molar-refractivity contribution in [2.45, 2.75) is 6.42 Å². The third-order valence-electron chi connectivity index (χ3n) is 2.82. The summed E-state index contributed by atoms with van der Waals surface area (Å²) < 4.78 is 0. The molecule has 0 aliphatic carbocycles. The Morgan fingerprint density at radius 2 is 1.76 bits per heavy atom. The normalized spacial score (nSPS) is 10.6. The average Bonchev–Trinajstić information content (AvgIpc) is 2.40. The number of rotatable bonds is 2. The van der Waals surface area contributed by atoms with Crippen LogP contribution in [-0.4, -0.2) is 9.97 Å². The second kappa shape index (κ2) is 4.34. The summed E-state index contributed by atoms with van der Waals surface area (Å²) in [5, 5.41) is 1.09. The highest BCUT2D eigenvalue weighted by atomic mass is 14.8. The zero-order chi connectivity index (χ0) is 11.5. The Bertz CT molecular complexity index is 633. The van der Waals surface area contributed by atoms with E-state index in [4.69, 9.17) is 0 Å². The van der Waals surface area contributed by atoms with Crippen molar-refractivity contribution in [3.05, 3.63) is 72.2 Å². The Labute approximate surface area is 100.0 Å². The molecular weight excluding hydrogens is 208 g/mol. The van der Waals surface area contributed by atoms with E-state index in [1.807, 2.05) is 12.3 Å². The van der Waals surface area contributed by atoms with Crippen LogP contribution in [0.15, 0.2) is 61.1 Å². The Morgan fingerprint density at radius 3 is 2.65 bits per heavy atom. The molecule has 82 valence electrons. The van der Waals surface area contributed by atoms with Crippen LogP contribution in [0.5, 0.6) is 0 Å². The Kier molecular flexibility index (Phi) is 2.54. The van der Waals surface area contributed by atoms with Crippen molar-refractivity contribution in [2.24, 2.45) is 0 Å². The molecule has 0 N–H and O–H groups in total. The Morgan fingerprint density at radius 1 is 0.882 bits per heavy atom. The summed E-state index contributed by atoms with van der Waals surface area (Å²) in [6.07, 6.45) is 4.38. The van der Waals surface area contributed by atoms with E-state index in [1.54, 1.807) is 6.33 Å². The fraction of sp³-hybridized carbons (Fsp3) is 0.0667. The minimum absolute atomic E-state index is 0.945. The summed E-state index contributed by atoms with van der Waals surface area (Å²) in [5.74, 6) is 0. The molecule has 0 saturated carbocycles. The first-order chi connectivity index (χ1) is 8.42. The molecule has 0 aliphatic heterocycles. The van der Waals surface area contributed by atoms with Crippen LogP contribution in [0.2, 0.25) is 0 Å². The van der Waals surface area contributed by atoms with Crippen molar-refractivity contribution in [3.8, 4) is 0 Å².